The average Bonchev–Trinajstić information content (AvgIpc) is 2.50. The Morgan fingerprint density at radius 3 is 2.14 bits per heavy atom. The van der Waals surface area contributed by atoms with Gasteiger partial charge in [-0.15, -0.1) is 0 Å². The summed E-state index contributed by atoms with van der Waals surface area (Å²) in [6.07, 6.45) is 0. The first-order valence-electron chi connectivity index (χ1n) is 6.59. The lowest BCUT2D eigenvalue weighted by molar-refractivity contribution is 0.355. The Hall–Kier alpha value is -2.34. The third-order valence-electron chi connectivity index (χ3n) is 3.07. The number of aryl methyl sites for hydroxylation is 1. The topological polar surface area (TPSA) is 42.5 Å². The first-order valence-corrected chi connectivity index (χ1v) is 7.00. The van der Waals surface area contributed by atoms with E-state index in [2.05, 4.69) is 10.6 Å². The molecule has 0 radical (unpaired) electrons. The number of methoxy groups -OCH3 is 2. The molecule has 0 atom stereocenters. The van der Waals surface area contributed by atoms with Gasteiger partial charge in [0.15, 0.2) is 16.6 Å². The van der Waals surface area contributed by atoms with Gasteiger partial charge < -0.3 is 20.1 Å². The highest BCUT2D eigenvalue weighted by atomic mass is 32.1. The van der Waals surface area contributed by atoms with E-state index < -0.39 is 0 Å². The lowest BCUT2D eigenvalue weighted by Crippen LogP contribution is -2.19. The van der Waals surface area contributed by atoms with Crippen molar-refractivity contribution < 1.29 is 13.9 Å². The van der Waals surface area contributed by atoms with Crippen LogP contribution >= 0.6 is 12.2 Å². The summed E-state index contributed by atoms with van der Waals surface area (Å²) < 4.78 is 23.9. The van der Waals surface area contributed by atoms with Crippen molar-refractivity contribution in [2.24, 2.45) is 0 Å². The van der Waals surface area contributed by atoms with Crippen molar-refractivity contribution in [3.8, 4) is 11.5 Å². The molecule has 2 aromatic carbocycles. The number of halogens is 1. The number of anilines is 2. The maximum absolute atomic E-state index is 13.5. The first-order chi connectivity index (χ1) is 10.5. The van der Waals surface area contributed by atoms with Gasteiger partial charge in [0, 0.05) is 17.4 Å². The van der Waals surface area contributed by atoms with Crippen molar-refractivity contribution in [1.82, 2.24) is 0 Å². The van der Waals surface area contributed by atoms with Gasteiger partial charge >= 0.3 is 0 Å². The van der Waals surface area contributed by atoms with E-state index in [1.165, 1.54) is 6.07 Å². The predicted octanol–water partition coefficient (Wildman–Crippen LogP) is 3.96. The zero-order valence-electron chi connectivity index (χ0n) is 12.6. The Morgan fingerprint density at radius 2 is 1.55 bits per heavy atom. The second-order valence-electron chi connectivity index (χ2n) is 4.61. The van der Waals surface area contributed by atoms with Crippen molar-refractivity contribution in [2.75, 3.05) is 24.9 Å². The van der Waals surface area contributed by atoms with E-state index in [0.29, 0.717) is 27.9 Å². The zero-order valence-corrected chi connectivity index (χ0v) is 13.4. The Bertz CT molecular complexity index is 692. The number of ether oxygens (including phenoxy) is 2. The Labute approximate surface area is 134 Å². The van der Waals surface area contributed by atoms with Crippen molar-refractivity contribution in [3.63, 3.8) is 0 Å². The number of rotatable bonds is 4. The third-order valence-corrected chi connectivity index (χ3v) is 3.28. The van der Waals surface area contributed by atoms with Crippen LogP contribution in [0, 0.1) is 12.7 Å². The van der Waals surface area contributed by atoms with Crippen molar-refractivity contribution in [2.45, 2.75) is 6.92 Å². The molecule has 2 aromatic rings. The fourth-order valence-corrected chi connectivity index (χ4v) is 2.11. The lowest BCUT2D eigenvalue weighted by atomic mass is 10.2. The molecule has 0 amide bonds. The molecule has 2 N–H and O–H groups in total. The monoisotopic (exact) mass is 320 g/mol. The molecule has 0 unspecified atom stereocenters. The molecule has 0 saturated heterocycles. The van der Waals surface area contributed by atoms with E-state index in [9.17, 15) is 4.39 Å². The zero-order chi connectivity index (χ0) is 16.1. The van der Waals surface area contributed by atoms with Crippen LogP contribution in [0.4, 0.5) is 15.8 Å². The maximum atomic E-state index is 13.5. The molecular formula is C16H17FN2O2S. The summed E-state index contributed by atoms with van der Waals surface area (Å²) in [5.74, 6) is 0.947. The first kappa shape index (κ1) is 16.0. The van der Waals surface area contributed by atoms with E-state index in [1.54, 1.807) is 45.4 Å². The maximum Gasteiger partial charge on any atom is 0.175 e. The van der Waals surface area contributed by atoms with Gasteiger partial charge in [0.1, 0.15) is 5.82 Å². The Balaban J connectivity index is 2.07. The van der Waals surface area contributed by atoms with Crippen LogP contribution in [0.1, 0.15) is 5.56 Å². The molecule has 0 spiro atoms. The second-order valence-corrected chi connectivity index (χ2v) is 5.02. The van der Waals surface area contributed by atoms with Gasteiger partial charge in [-0.25, -0.2) is 4.39 Å². The van der Waals surface area contributed by atoms with Gasteiger partial charge in [-0.3, -0.25) is 0 Å². The van der Waals surface area contributed by atoms with Gasteiger partial charge in [-0.2, -0.15) is 0 Å². The molecule has 0 fully saturated rings. The molecule has 0 aliphatic rings. The lowest BCUT2D eigenvalue weighted by Gasteiger charge is -2.13. The van der Waals surface area contributed by atoms with Crippen molar-refractivity contribution in [3.05, 3.63) is 47.8 Å². The summed E-state index contributed by atoms with van der Waals surface area (Å²) in [6, 6.07) is 10.2. The molecule has 0 heterocycles. The summed E-state index contributed by atoms with van der Waals surface area (Å²) in [7, 11) is 3.14. The predicted molar refractivity (Wildman–Crippen MR) is 90.5 cm³/mol. The SMILES string of the molecule is COc1ccc(NC(=S)Nc2ccc(C)c(F)c2)cc1OC. The van der Waals surface area contributed by atoms with Crippen LogP contribution in [0.2, 0.25) is 0 Å². The average molecular weight is 320 g/mol. The smallest absolute Gasteiger partial charge is 0.175 e. The molecule has 22 heavy (non-hydrogen) atoms. The number of benzene rings is 2. The molecule has 4 nitrogen and oxygen atoms in total. The fourth-order valence-electron chi connectivity index (χ4n) is 1.88. The Morgan fingerprint density at radius 1 is 0.955 bits per heavy atom. The summed E-state index contributed by atoms with van der Waals surface area (Å²) in [6.45, 7) is 1.71. The van der Waals surface area contributed by atoms with E-state index in [0.717, 1.165) is 5.69 Å². The fraction of sp³-hybridized carbons (Fsp3) is 0.188. The quantitative estimate of drug-likeness (QED) is 0.835. The molecule has 0 aromatic heterocycles. The highest BCUT2D eigenvalue weighted by molar-refractivity contribution is 7.80. The number of hydrogen-bond donors (Lipinski definition) is 2. The van der Waals surface area contributed by atoms with Crippen LogP contribution in [-0.4, -0.2) is 19.3 Å². The summed E-state index contributed by atoms with van der Waals surface area (Å²) >= 11 is 5.22. The number of thiocarbonyl (C=S) groups is 1. The summed E-state index contributed by atoms with van der Waals surface area (Å²) in [5.41, 5.74) is 1.91. The third kappa shape index (κ3) is 3.85. The van der Waals surface area contributed by atoms with Crippen LogP contribution in [-0.2, 0) is 0 Å². The van der Waals surface area contributed by atoms with Crippen molar-refractivity contribution in [1.29, 1.82) is 0 Å². The van der Waals surface area contributed by atoms with Gasteiger partial charge in [-0.05, 0) is 49.0 Å². The van der Waals surface area contributed by atoms with E-state index in [1.807, 2.05) is 6.07 Å². The second kappa shape index (κ2) is 7.09. The van der Waals surface area contributed by atoms with Gasteiger partial charge in [-0.1, -0.05) is 6.07 Å². The molecule has 0 saturated carbocycles. The molecule has 0 aliphatic carbocycles. The minimum atomic E-state index is -0.279. The number of hydrogen-bond acceptors (Lipinski definition) is 3. The van der Waals surface area contributed by atoms with Gasteiger partial charge in [0.05, 0.1) is 14.2 Å². The van der Waals surface area contributed by atoms with Crippen LogP contribution in [0.25, 0.3) is 0 Å². The van der Waals surface area contributed by atoms with E-state index in [4.69, 9.17) is 21.7 Å². The molecule has 0 aliphatic heterocycles. The summed E-state index contributed by atoms with van der Waals surface area (Å²) in [5, 5.41) is 6.30. The minimum Gasteiger partial charge on any atom is -0.493 e. The van der Waals surface area contributed by atoms with E-state index in [-0.39, 0.29) is 5.82 Å². The highest BCUT2D eigenvalue weighted by Gasteiger charge is 2.06. The normalized spacial score (nSPS) is 10.0. The molecule has 116 valence electrons. The minimum absolute atomic E-state index is 0.279. The van der Waals surface area contributed by atoms with Crippen molar-refractivity contribution >= 4 is 28.7 Å². The summed E-state index contributed by atoms with van der Waals surface area (Å²) in [4.78, 5) is 0. The van der Waals surface area contributed by atoms with Crippen LogP contribution < -0.4 is 20.1 Å². The molecule has 2 rings (SSSR count). The molecular weight excluding hydrogens is 303 g/mol. The van der Waals surface area contributed by atoms with Gasteiger partial charge in [0.25, 0.3) is 0 Å². The number of nitrogens with one attached hydrogen (secondary N) is 2. The van der Waals surface area contributed by atoms with Crippen LogP contribution in [0.15, 0.2) is 36.4 Å². The van der Waals surface area contributed by atoms with Gasteiger partial charge in [0.2, 0.25) is 0 Å². The van der Waals surface area contributed by atoms with Crippen LogP contribution in [0.3, 0.4) is 0 Å². The van der Waals surface area contributed by atoms with E-state index >= 15 is 0 Å². The molecule has 0 bridgehead atoms. The van der Waals surface area contributed by atoms with Crippen LogP contribution in [0.5, 0.6) is 11.5 Å². The largest absolute Gasteiger partial charge is 0.493 e. The highest BCUT2D eigenvalue weighted by Crippen LogP contribution is 2.29. The molecule has 6 heteroatoms. The Kier molecular flexibility index (Phi) is 5.16. The standard InChI is InChI=1S/C16H17FN2O2S/c1-10-4-5-11(8-13(10)17)18-16(22)19-12-6-7-14(20-2)15(9-12)21-3/h4-9H,1-3H3,(H2,18,19,22).